The lowest BCUT2D eigenvalue weighted by atomic mass is 9.91. The quantitative estimate of drug-likeness (QED) is 0.547. The molecule has 1 aliphatic carbocycles. The topological polar surface area (TPSA) is 46.5 Å². The van der Waals surface area contributed by atoms with Crippen molar-refractivity contribution < 1.29 is 19.0 Å². The molecule has 4 heteroatoms. The van der Waals surface area contributed by atoms with Crippen LogP contribution in [0.3, 0.4) is 0 Å². The van der Waals surface area contributed by atoms with Crippen molar-refractivity contribution in [3.8, 4) is 0 Å². The Morgan fingerprint density at radius 3 is 2.93 bits per heavy atom. The van der Waals surface area contributed by atoms with Gasteiger partial charge in [-0.2, -0.15) is 4.39 Å². The van der Waals surface area contributed by atoms with Gasteiger partial charge in [-0.15, -0.1) is 0 Å². The standard InChI is InChI=1S/C10H15FO3/c1-2-14-10(13)9(11)7-5-3-4-6-8(7)12/h8,12H,2-6H2,1H3/b9-7+. The molecule has 80 valence electrons. The Hall–Kier alpha value is -0.900. The number of halogens is 1. The minimum absolute atomic E-state index is 0.148. The molecule has 1 atom stereocenters. The molecule has 1 rings (SSSR count). The largest absolute Gasteiger partial charge is 0.461 e. The van der Waals surface area contributed by atoms with Gasteiger partial charge < -0.3 is 9.84 Å². The van der Waals surface area contributed by atoms with Crippen LogP contribution in [-0.2, 0) is 9.53 Å². The smallest absolute Gasteiger partial charge is 0.367 e. The molecule has 0 aliphatic heterocycles. The van der Waals surface area contributed by atoms with Gasteiger partial charge in [0.1, 0.15) is 0 Å². The van der Waals surface area contributed by atoms with Crippen LogP contribution in [0.25, 0.3) is 0 Å². The summed E-state index contributed by atoms with van der Waals surface area (Å²) in [6.45, 7) is 1.77. The molecule has 0 amide bonds. The number of esters is 1. The maximum Gasteiger partial charge on any atom is 0.367 e. The monoisotopic (exact) mass is 202 g/mol. The zero-order chi connectivity index (χ0) is 10.6. The van der Waals surface area contributed by atoms with Crippen molar-refractivity contribution in [1.29, 1.82) is 0 Å². The molecule has 0 aromatic heterocycles. The first kappa shape index (κ1) is 11.2. The van der Waals surface area contributed by atoms with Crippen LogP contribution in [0.1, 0.15) is 32.6 Å². The minimum atomic E-state index is -0.955. The maximum absolute atomic E-state index is 13.4. The summed E-state index contributed by atoms with van der Waals surface area (Å²) >= 11 is 0. The normalized spacial score (nSPS) is 25.8. The minimum Gasteiger partial charge on any atom is -0.461 e. The molecule has 1 saturated carbocycles. The summed E-state index contributed by atoms with van der Waals surface area (Å²) in [7, 11) is 0. The molecule has 0 spiro atoms. The Labute approximate surface area is 82.6 Å². The van der Waals surface area contributed by atoms with E-state index in [4.69, 9.17) is 0 Å². The predicted octanol–water partition coefficient (Wildman–Crippen LogP) is 1.71. The Kier molecular flexibility index (Phi) is 4.07. The number of ether oxygens (including phenoxy) is 1. The van der Waals surface area contributed by atoms with Crippen molar-refractivity contribution in [2.75, 3.05) is 6.61 Å². The summed E-state index contributed by atoms with van der Waals surface area (Å²) in [5, 5.41) is 9.45. The van der Waals surface area contributed by atoms with Crippen molar-refractivity contribution in [3.05, 3.63) is 11.4 Å². The second-order valence-electron chi connectivity index (χ2n) is 3.32. The van der Waals surface area contributed by atoms with E-state index >= 15 is 0 Å². The molecule has 14 heavy (non-hydrogen) atoms. The molecule has 3 nitrogen and oxygen atoms in total. The van der Waals surface area contributed by atoms with E-state index in [1.807, 2.05) is 0 Å². The fourth-order valence-corrected chi connectivity index (χ4v) is 1.58. The lowest BCUT2D eigenvalue weighted by Crippen LogP contribution is -2.19. The third-order valence-electron chi connectivity index (χ3n) is 2.31. The first-order valence-corrected chi connectivity index (χ1v) is 4.90. The molecule has 0 aromatic carbocycles. The molecule has 0 heterocycles. The highest BCUT2D eigenvalue weighted by molar-refractivity contribution is 5.87. The fourth-order valence-electron chi connectivity index (χ4n) is 1.58. The summed E-state index contributed by atoms with van der Waals surface area (Å²) in [5.41, 5.74) is 0.203. The summed E-state index contributed by atoms with van der Waals surface area (Å²) in [5.74, 6) is -1.86. The molecule has 1 unspecified atom stereocenters. The fraction of sp³-hybridized carbons (Fsp3) is 0.700. The lowest BCUT2D eigenvalue weighted by Gasteiger charge is -2.20. The number of aliphatic hydroxyl groups excluding tert-OH is 1. The van der Waals surface area contributed by atoms with E-state index < -0.39 is 17.9 Å². The predicted molar refractivity (Wildman–Crippen MR) is 49.2 cm³/mol. The molecule has 0 bridgehead atoms. The highest BCUT2D eigenvalue weighted by atomic mass is 19.1. The van der Waals surface area contributed by atoms with Crippen LogP contribution in [0, 0.1) is 0 Å². The van der Waals surface area contributed by atoms with Gasteiger partial charge in [-0.3, -0.25) is 0 Å². The number of carbonyl (C=O) groups excluding carboxylic acids is 1. The second-order valence-corrected chi connectivity index (χ2v) is 3.32. The van der Waals surface area contributed by atoms with Gasteiger partial charge in [-0.05, 0) is 26.2 Å². The summed E-state index contributed by atoms with van der Waals surface area (Å²) in [4.78, 5) is 11.0. The SMILES string of the molecule is CCOC(=O)/C(F)=C1/CCCCC1O. The number of carbonyl (C=O) groups is 1. The second kappa shape index (κ2) is 5.10. The zero-order valence-corrected chi connectivity index (χ0v) is 8.25. The molecule has 1 aliphatic rings. The van der Waals surface area contributed by atoms with Gasteiger partial charge in [0, 0.05) is 5.57 Å². The Balaban J connectivity index is 2.74. The first-order chi connectivity index (χ1) is 6.66. The van der Waals surface area contributed by atoms with Crippen molar-refractivity contribution in [3.63, 3.8) is 0 Å². The van der Waals surface area contributed by atoms with Gasteiger partial charge in [0.05, 0.1) is 12.7 Å². The molecule has 1 fully saturated rings. The number of hydrogen-bond donors (Lipinski definition) is 1. The third-order valence-corrected chi connectivity index (χ3v) is 2.31. The van der Waals surface area contributed by atoms with E-state index in [1.165, 1.54) is 0 Å². The molecular weight excluding hydrogens is 187 g/mol. The van der Waals surface area contributed by atoms with Crippen LogP contribution in [0.4, 0.5) is 4.39 Å². The van der Waals surface area contributed by atoms with Gasteiger partial charge in [-0.25, -0.2) is 4.79 Å². The molecule has 0 radical (unpaired) electrons. The third kappa shape index (κ3) is 2.54. The van der Waals surface area contributed by atoms with Crippen LogP contribution < -0.4 is 0 Å². The lowest BCUT2D eigenvalue weighted by molar-refractivity contribution is -0.140. The van der Waals surface area contributed by atoms with E-state index in [0.717, 1.165) is 12.8 Å². The van der Waals surface area contributed by atoms with Crippen molar-refractivity contribution in [2.24, 2.45) is 0 Å². The Bertz CT molecular complexity index is 248. The summed E-state index contributed by atoms with van der Waals surface area (Å²) in [6, 6.07) is 0. The van der Waals surface area contributed by atoms with Gasteiger partial charge in [0.25, 0.3) is 0 Å². The van der Waals surface area contributed by atoms with E-state index in [-0.39, 0.29) is 12.2 Å². The van der Waals surface area contributed by atoms with Crippen molar-refractivity contribution in [2.45, 2.75) is 38.7 Å². The molecule has 1 N–H and O–H groups in total. The summed E-state index contributed by atoms with van der Waals surface area (Å²) in [6.07, 6.45) is 1.86. The van der Waals surface area contributed by atoms with E-state index in [0.29, 0.717) is 12.8 Å². The van der Waals surface area contributed by atoms with Gasteiger partial charge in [0.2, 0.25) is 5.83 Å². The van der Waals surface area contributed by atoms with Crippen LogP contribution >= 0.6 is 0 Å². The van der Waals surface area contributed by atoms with Crippen LogP contribution in [-0.4, -0.2) is 23.8 Å². The molecule has 0 aromatic rings. The Morgan fingerprint density at radius 1 is 1.64 bits per heavy atom. The van der Waals surface area contributed by atoms with Crippen LogP contribution in [0.15, 0.2) is 11.4 Å². The van der Waals surface area contributed by atoms with Crippen LogP contribution in [0.2, 0.25) is 0 Å². The van der Waals surface area contributed by atoms with Crippen molar-refractivity contribution >= 4 is 5.97 Å². The van der Waals surface area contributed by atoms with Gasteiger partial charge >= 0.3 is 5.97 Å². The van der Waals surface area contributed by atoms with Crippen LogP contribution in [0.5, 0.6) is 0 Å². The van der Waals surface area contributed by atoms with Gasteiger partial charge in [-0.1, -0.05) is 6.42 Å². The summed E-state index contributed by atoms with van der Waals surface area (Å²) < 4.78 is 17.9. The Morgan fingerprint density at radius 2 is 2.36 bits per heavy atom. The highest BCUT2D eigenvalue weighted by Crippen LogP contribution is 2.27. The molecule has 0 saturated heterocycles. The van der Waals surface area contributed by atoms with E-state index in [9.17, 15) is 14.3 Å². The van der Waals surface area contributed by atoms with Gasteiger partial charge in [0.15, 0.2) is 0 Å². The average molecular weight is 202 g/mol. The number of hydrogen-bond acceptors (Lipinski definition) is 3. The maximum atomic E-state index is 13.4. The van der Waals surface area contributed by atoms with E-state index in [1.54, 1.807) is 6.92 Å². The first-order valence-electron chi connectivity index (χ1n) is 4.90. The zero-order valence-electron chi connectivity index (χ0n) is 8.25. The number of aliphatic hydroxyl groups is 1. The number of rotatable bonds is 2. The van der Waals surface area contributed by atoms with Crippen molar-refractivity contribution in [1.82, 2.24) is 0 Å². The van der Waals surface area contributed by atoms with E-state index in [2.05, 4.69) is 4.74 Å². The highest BCUT2D eigenvalue weighted by Gasteiger charge is 2.24. The average Bonchev–Trinajstić information content (AvgIpc) is 2.18. The molecular formula is C10H15FO3.